The lowest BCUT2D eigenvalue weighted by Gasteiger charge is -2.19. The van der Waals surface area contributed by atoms with Crippen molar-refractivity contribution in [2.24, 2.45) is 4.99 Å². The van der Waals surface area contributed by atoms with Gasteiger partial charge in [0.1, 0.15) is 6.04 Å². The Morgan fingerprint density at radius 1 is 0.833 bits per heavy atom. The summed E-state index contributed by atoms with van der Waals surface area (Å²) >= 11 is 1.42. The van der Waals surface area contributed by atoms with Gasteiger partial charge in [-0.25, -0.2) is 0 Å². The SMILES string of the molecule is Cl.FC(F)(F)c1cccc(CSC2=N[C@H](c3ccccc3)[C@H](c3ccccc3)N2)c1. The van der Waals surface area contributed by atoms with E-state index in [1.54, 1.807) is 6.07 Å². The first-order valence-electron chi connectivity index (χ1n) is 9.24. The molecule has 1 N–H and O–H groups in total. The van der Waals surface area contributed by atoms with Gasteiger partial charge in [-0.3, -0.25) is 4.99 Å². The van der Waals surface area contributed by atoms with Crippen LogP contribution >= 0.6 is 24.2 Å². The molecule has 0 saturated carbocycles. The second-order valence-electron chi connectivity index (χ2n) is 6.81. The lowest BCUT2D eigenvalue weighted by atomic mass is 9.95. The molecular formula is C23H20ClF3N2S. The minimum absolute atomic E-state index is 0. The van der Waals surface area contributed by atoms with Crippen LogP contribution in [0.2, 0.25) is 0 Å². The van der Waals surface area contributed by atoms with Gasteiger partial charge < -0.3 is 5.32 Å². The fraction of sp³-hybridized carbons (Fsp3) is 0.174. The third-order valence-corrected chi connectivity index (χ3v) is 5.76. The smallest absolute Gasteiger partial charge is 0.356 e. The Kier molecular flexibility index (Phi) is 7.10. The third kappa shape index (κ3) is 5.18. The van der Waals surface area contributed by atoms with Crippen LogP contribution in [0, 0.1) is 0 Å². The molecule has 3 aromatic carbocycles. The Bertz CT molecular complexity index is 994. The van der Waals surface area contributed by atoms with Gasteiger partial charge in [-0.2, -0.15) is 13.2 Å². The fourth-order valence-corrected chi connectivity index (χ4v) is 4.24. The van der Waals surface area contributed by atoms with Crippen molar-refractivity contribution in [1.82, 2.24) is 5.32 Å². The predicted octanol–water partition coefficient (Wildman–Crippen LogP) is 6.80. The predicted molar refractivity (Wildman–Crippen MR) is 119 cm³/mol. The Hall–Kier alpha value is -2.44. The number of nitrogens with zero attached hydrogens (tertiary/aromatic N) is 1. The zero-order valence-corrected chi connectivity index (χ0v) is 17.5. The Morgan fingerprint density at radius 3 is 2.10 bits per heavy atom. The summed E-state index contributed by atoms with van der Waals surface area (Å²) in [6, 6.07) is 25.5. The van der Waals surface area contributed by atoms with Gasteiger partial charge in [0.05, 0.1) is 11.6 Å². The molecule has 0 unspecified atom stereocenters. The van der Waals surface area contributed by atoms with Gasteiger partial charge in [0.2, 0.25) is 0 Å². The molecule has 156 valence electrons. The van der Waals surface area contributed by atoms with Crippen molar-refractivity contribution in [3.63, 3.8) is 0 Å². The molecule has 3 aromatic rings. The maximum atomic E-state index is 12.9. The summed E-state index contributed by atoms with van der Waals surface area (Å²) in [5, 5.41) is 4.20. The van der Waals surface area contributed by atoms with Gasteiger partial charge in [-0.15, -0.1) is 12.4 Å². The molecule has 1 aliphatic heterocycles. The van der Waals surface area contributed by atoms with Crippen LogP contribution < -0.4 is 5.32 Å². The molecule has 0 saturated heterocycles. The number of halogens is 4. The summed E-state index contributed by atoms with van der Waals surface area (Å²) in [6.45, 7) is 0. The first kappa shape index (κ1) is 22.2. The lowest BCUT2D eigenvalue weighted by Crippen LogP contribution is -2.22. The Balaban J connectivity index is 0.00000256. The molecule has 0 amide bonds. The minimum atomic E-state index is -4.33. The second kappa shape index (κ2) is 9.58. The van der Waals surface area contributed by atoms with Crippen molar-refractivity contribution in [3.8, 4) is 0 Å². The molecule has 1 aliphatic rings. The van der Waals surface area contributed by atoms with E-state index in [-0.39, 0.29) is 24.5 Å². The zero-order valence-electron chi connectivity index (χ0n) is 15.8. The Labute approximate surface area is 184 Å². The highest BCUT2D eigenvalue weighted by Gasteiger charge is 2.32. The maximum Gasteiger partial charge on any atom is 0.416 e. The van der Waals surface area contributed by atoms with Gasteiger partial charge >= 0.3 is 6.18 Å². The highest BCUT2D eigenvalue weighted by Crippen LogP contribution is 2.38. The molecule has 4 rings (SSSR count). The van der Waals surface area contributed by atoms with E-state index in [1.807, 2.05) is 48.5 Å². The maximum absolute atomic E-state index is 12.9. The quantitative estimate of drug-likeness (QED) is 0.474. The molecule has 7 heteroatoms. The summed E-state index contributed by atoms with van der Waals surface area (Å²) in [5.41, 5.74) is 2.22. The highest BCUT2D eigenvalue weighted by molar-refractivity contribution is 8.13. The Morgan fingerprint density at radius 2 is 1.47 bits per heavy atom. The van der Waals surface area contributed by atoms with Gasteiger partial charge in [0, 0.05) is 5.75 Å². The van der Waals surface area contributed by atoms with Gasteiger partial charge in [-0.1, -0.05) is 90.6 Å². The third-order valence-electron chi connectivity index (χ3n) is 4.78. The van der Waals surface area contributed by atoms with Crippen molar-refractivity contribution in [3.05, 3.63) is 107 Å². The van der Waals surface area contributed by atoms with Crippen molar-refractivity contribution in [2.75, 3.05) is 0 Å². The number of nitrogens with one attached hydrogen (secondary N) is 1. The van der Waals surface area contributed by atoms with Gasteiger partial charge in [-0.05, 0) is 22.8 Å². The number of aliphatic imine (C=N–C) groups is 1. The van der Waals surface area contributed by atoms with E-state index in [2.05, 4.69) is 17.4 Å². The van der Waals surface area contributed by atoms with Crippen LogP contribution in [-0.4, -0.2) is 5.17 Å². The normalized spacial score (nSPS) is 18.3. The van der Waals surface area contributed by atoms with E-state index in [0.717, 1.165) is 22.4 Å². The number of benzene rings is 3. The molecule has 0 aliphatic carbocycles. The number of rotatable bonds is 4. The van der Waals surface area contributed by atoms with E-state index in [1.165, 1.54) is 23.9 Å². The molecule has 0 radical (unpaired) electrons. The second-order valence-corrected chi connectivity index (χ2v) is 7.77. The monoisotopic (exact) mass is 448 g/mol. The number of hydrogen-bond acceptors (Lipinski definition) is 3. The first-order chi connectivity index (χ1) is 14.0. The lowest BCUT2D eigenvalue weighted by molar-refractivity contribution is -0.137. The van der Waals surface area contributed by atoms with Crippen LogP contribution in [0.15, 0.2) is 89.9 Å². The van der Waals surface area contributed by atoms with E-state index in [0.29, 0.717) is 11.3 Å². The van der Waals surface area contributed by atoms with Crippen molar-refractivity contribution < 1.29 is 13.2 Å². The summed E-state index contributed by atoms with van der Waals surface area (Å²) in [7, 11) is 0. The largest absolute Gasteiger partial charge is 0.416 e. The first-order valence-corrected chi connectivity index (χ1v) is 10.2. The molecule has 0 bridgehead atoms. The van der Waals surface area contributed by atoms with Crippen molar-refractivity contribution >= 4 is 29.3 Å². The standard InChI is InChI=1S/C23H19F3N2S.ClH/c24-23(25,26)19-13-7-8-16(14-19)15-29-22-27-20(17-9-3-1-4-10-17)21(28-22)18-11-5-2-6-12-18;/h1-14,20-21H,15H2,(H,27,28);1H/t20-,21+;. The number of hydrogen-bond donors (Lipinski definition) is 1. The average Bonchev–Trinajstić information content (AvgIpc) is 3.18. The summed E-state index contributed by atoms with van der Waals surface area (Å²) in [5.74, 6) is 0.415. The summed E-state index contributed by atoms with van der Waals surface area (Å²) in [6.07, 6.45) is -4.33. The topological polar surface area (TPSA) is 24.4 Å². The summed E-state index contributed by atoms with van der Waals surface area (Å²) in [4.78, 5) is 4.85. The zero-order chi connectivity index (χ0) is 20.3. The molecule has 0 aromatic heterocycles. The summed E-state index contributed by atoms with van der Waals surface area (Å²) < 4.78 is 38.8. The average molecular weight is 449 g/mol. The van der Waals surface area contributed by atoms with Gasteiger partial charge in [0.25, 0.3) is 0 Å². The molecule has 0 fully saturated rings. The van der Waals surface area contributed by atoms with Crippen LogP contribution in [0.1, 0.15) is 34.3 Å². The van der Waals surface area contributed by atoms with Crippen molar-refractivity contribution in [1.29, 1.82) is 0 Å². The minimum Gasteiger partial charge on any atom is -0.356 e. The van der Waals surface area contributed by atoms with Crippen LogP contribution in [-0.2, 0) is 11.9 Å². The molecule has 1 heterocycles. The van der Waals surface area contributed by atoms with Crippen LogP contribution in [0.4, 0.5) is 13.2 Å². The van der Waals surface area contributed by atoms with Crippen molar-refractivity contribution in [2.45, 2.75) is 24.0 Å². The molecule has 0 spiro atoms. The van der Waals surface area contributed by atoms with E-state index in [4.69, 9.17) is 4.99 Å². The fourth-order valence-electron chi connectivity index (χ4n) is 3.36. The van der Waals surface area contributed by atoms with E-state index >= 15 is 0 Å². The number of alkyl halides is 3. The number of thioether (sulfide) groups is 1. The van der Waals surface area contributed by atoms with E-state index in [9.17, 15) is 13.2 Å². The molecular weight excluding hydrogens is 429 g/mol. The molecule has 2 nitrogen and oxygen atoms in total. The molecule has 30 heavy (non-hydrogen) atoms. The van der Waals surface area contributed by atoms with Crippen LogP contribution in [0.5, 0.6) is 0 Å². The van der Waals surface area contributed by atoms with Gasteiger partial charge in [0.15, 0.2) is 5.17 Å². The molecule has 2 atom stereocenters. The number of amidine groups is 1. The van der Waals surface area contributed by atoms with E-state index < -0.39 is 11.7 Å². The van der Waals surface area contributed by atoms with Crippen LogP contribution in [0.3, 0.4) is 0 Å². The highest BCUT2D eigenvalue weighted by atomic mass is 35.5. The van der Waals surface area contributed by atoms with Crippen LogP contribution in [0.25, 0.3) is 0 Å².